The first-order valence-electron chi connectivity index (χ1n) is 11.7. The number of hydrogen-bond donors (Lipinski definition) is 4. The number of anilines is 1. The third kappa shape index (κ3) is 13.4. The molecule has 0 bridgehead atoms. The van der Waals surface area contributed by atoms with Crippen molar-refractivity contribution >= 4 is 35.5 Å². The first-order valence-corrected chi connectivity index (χ1v) is 11.7. The molecule has 36 heavy (non-hydrogen) atoms. The van der Waals surface area contributed by atoms with Crippen molar-refractivity contribution < 1.29 is 44.4 Å². The summed E-state index contributed by atoms with van der Waals surface area (Å²) < 4.78 is 0. The Hall–Kier alpha value is -3.51. The Balaban J connectivity index is 0.000000846. The summed E-state index contributed by atoms with van der Waals surface area (Å²) in [5.74, 6) is -7.09. The third-order valence-electron chi connectivity index (χ3n) is 5.23. The first-order chi connectivity index (χ1) is 16.9. The quantitative estimate of drug-likeness (QED) is 0.372. The van der Waals surface area contributed by atoms with E-state index in [1.54, 1.807) is 0 Å². The summed E-state index contributed by atoms with van der Waals surface area (Å²) in [5, 5.41) is 29.6. The summed E-state index contributed by atoms with van der Waals surface area (Å²) >= 11 is 0. The average Bonchev–Trinajstić information content (AvgIpc) is 2.85. The smallest absolute Gasteiger partial charge is 0.414 e. The number of piperazine rings is 1. The lowest BCUT2D eigenvalue weighted by atomic mass is 10.1. The Morgan fingerprint density at radius 2 is 1.25 bits per heavy atom. The highest BCUT2D eigenvalue weighted by atomic mass is 16.4. The van der Waals surface area contributed by atoms with E-state index in [2.05, 4.69) is 23.6 Å². The third-order valence-corrected chi connectivity index (χ3v) is 5.23. The van der Waals surface area contributed by atoms with Gasteiger partial charge in [-0.15, -0.1) is 0 Å². The molecule has 1 unspecified atom stereocenters. The van der Waals surface area contributed by atoms with Crippen molar-refractivity contribution in [2.45, 2.75) is 46.1 Å². The molecule has 1 aliphatic heterocycles. The van der Waals surface area contributed by atoms with Crippen LogP contribution >= 0.6 is 0 Å². The Morgan fingerprint density at radius 1 is 0.806 bits per heavy atom. The lowest BCUT2D eigenvalue weighted by Gasteiger charge is -2.38. The zero-order valence-corrected chi connectivity index (χ0v) is 21.0. The van der Waals surface area contributed by atoms with Gasteiger partial charge in [0.1, 0.15) is 0 Å². The Morgan fingerprint density at radius 3 is 1.64 bits per heavy atom. The normalized spacial score (nSPS) is 14.2. The Bertz CT molecular complexity index is 792. The number of para-hydroxylation sites is 1. The van der Waals surface area contributed by atoms with Gasteiger partial charge in [-0.05, 0) is 32.0 Å². The van der Waals surface area contributed by atoms with Crippen molar-refractivity contribution in [3.8, 4) is 0 Å². The van der Waals surface area contributed by atoms with Crippen molar-refractivity contribution in [2.24, 2.45) is 0 Å². The van der Waals surface area contributed by atoms with Crippen LogP contribution in [-0.2, 0) is 24.0 Å². The molecule has 2 rings (SSSR count). The van der Waals surface area contributed by atoms with Gasteiger partial charge in [0.05, 0.1) is 0 Å². The second kappa shape index (κ2) is 17.9. The van der Waals surface area contributed by atoms with E-state index < -0.39 is 23.9 Å². The molecule has 1 amide bonds. The lowest BCUT2D eigenvalue weighted by Crippen LogP contribution is -2.52. The molecule has 0 saturated carbocycles. The van der Waals surface area contributed by atoms with E-state index in [0.717, 1.165) is 38.4 Å². The molecule has 0 aromatic heterocycles. The van der Waals surface area contributed by atoms with Crippen LogP contribution in [0.2, 0.25) is 0 Å². The number of carbonyl (C=O) groups is 5. The SMILES string of the molecule is CCCCN1CCN(CC(C)N(C(=O)CC)c2ccccc2)CC1.O=C(O)C(=O)O.O=C(O)C(=O)O. The van der Waals surface area contributed by atoms with Gasteiger partial charge in [0, 0.05) is 50.9 Å². The zero-order chi connectivity index (χ0) is 27.7. The molecule has 1 fully saturated rings. The summed E-state index contributed by atoms with van der Waals surface area (Å²) in [6.07, 6.45) is 3.11. The number of benzene rings is 1. The number of hydrogen-bond acceptors (Lipinski definition) is 7. The maximum absolute atomic E-state index is 12.5. The van der Waals surface area contributed by atoms with E-state index in [0.29, 0.717) is 6.42 Å². The first kappa shape index (κ1) is 32.5. The number of amides is 1. The topological polar surface area (TPSA) is 176 Å². The van der Waals surface area contributed by atoms with E-state index in [4.69, 9.17) is 39.6 Å². The molecule has 1 aromatic carbocycles. The van der Waals surface area contributed by atoms with E-state index in [1.807, 2.05) is 42.2 Å². The van der Waals surface area contributed by atoms with Crippen LogP contribution in [0.4, 0.5) is 5.69 Å². The summed E-state index contributed by atoms with van der Waals surface area (Å²) in [6.45, 7) is 13.1. The number of unbranched alkanes of at least 4 members (excludes halogenated alkanes) is 1. The molecule has 0 radical (unpaired) electrons. The molecule has 1 atom stereocenters. The predicted molar refractivity (Wildman–Crippen MR) is 132 cm³/mol. The van der Waals surface area contributed by atoms with Gasteiger partial charge in [-0.3, -0.25) is 9.69 Å². The minimum Gasteiger partial charge on any atom is -0.473 e. The lowest BCUT2D eigenvalue weighted by molar-refractivity contribution is -0.159. The van der Waals surface area contributed by atoms with Gasteiger partial charge in [-0.25, -0.2) is 19.2 Å². The van der Waals surface area contributed by atoms with Gasteiger partial charge in [0.2, 0.25) is 5.91 Å². The summed E-state index contributed by atoms with van der Waals surface area (Å²) in [7, 11) is 0. The highest BCUT2D eigenvalue weighted by Gasteiger charge is 2.24. The molecule has 1 aliphatic rings. The monoisotopic (exact) mass is 511 g/mol. The summed E-state index contributed by atoms with van der Waals surface area (Å²) in [4.78, 5) is 55.9. The molecule has 202 valence electrons. The molecule has 12 nitrogen and oxygen atoms in total. The van der Waals surface area contributed by atoms with Gasteiger partial charge in [0.25, 0.3) is 0 Å². The second-order valence-electron chi connectivity index (χ2n) is 8.02. The molecule has 1 saturated heterocycles. The van der Waals surface area contributed by atoms with Gasteiger partial charge in [-0.1, -0.05) is 38.5 Å². The standard InChI is InChI=1S/C20H33N3O.2C2H2O4/c1-4-6-12-21-13-15-22(16-14-21)17-18(3)23(20(24)5-2)19-10-8-7-9-11-19;2*3-1(4)2(5)6/h7-11,18H,4-6,12-17H2,1-3H3;2*(H,3,4)(H,5,6). The van der Waals surface area contributed by atoms with Crippen molar-refractivity contribution in [3.05, 3.63) is 30.3 Å². The highest BCUT2D eigenvalue weighted by Crippen LogP contribution is 2.19. The molecular formula is C24H37N3O9. The number of nitrogens with zero attached hydrogens (tertiary/aromatic N) is 3. The Kier molecular flexibility index (Phi) is 16.1. The number of rotatable bonds is 8. The van der Waals surface area contributed by atoms with E-state index in [-0.39, 0.29) is 11.9 Å². The average molecular weight is 512 g/mol. The molecule has 1 aromatic rings. The van der Waals surface area contributed by atoms with Crippen LogP contribution in [0.5, 0.6) is 0 Å². The molecule has 12 heteroatoms. The van der Waals surface area contributed by atoms with Gasteiger partial charge in [0.15, 0.2) is 0 Å². The van der Waals surface area contributed by atoms with Gasteiger partial charge >= 0.3 is 23.9 Å². The van der Waals surface area contributed by atoms with Crippen molar-refractivity contribution in [3.63, 3.8) is 0 Å². The van der Waals surface area contributed by atoms with Crippen molar-refractivity contribution in [1.29, 1.82) is 0 Å². The predicted octanol–water partition coefficient (Wildman–Crippen LogP) is 1.55. The second-order valence-corrected chi connectivity index (χ2v) is 8.02. The highest BCUT2D eigenvalue weighted by molar-refractivity contribution is 6.27. The fraction of sp³-hybridized carbons (Fsp3) is 0.542. The van der Waals surface area contributed by atoms with Crippen LogP contribution in [0.15, 0.2) is 30.3 Å². The van der Waals surface area contributed by atoms with Crippen LogP contribution in [0.3, 0.4) is 0 Å². The number of carboxylic acid groups (broad SMARTS) is 4. The number of carbonyl (C=O) groups excluding carboxylic acids is 1. The van der Waals surface area contributed by atoms with Crippen LogP contribution < -0.4 is 4.90 Å². The summed E-state index contributed by atoms with van der Waals surface area (Å²) in [6, 6.07) is 10.3. The minimum absolute atomic E-state index is 0.196. The van der Waals surface area contributed by atoms with E-state index in [9.17, 15) is 4.79 Å². The molecule has 1 heterocycles. The largest absolute Gasteiger partial charge is 0.473 e. The molecule has 0 spiro atoms. The fourth-order valence-electron chi connectivity index (χ4n) is 3.44. The fourth-order valence-corrected chi connectivity index (χ4v) is 3.44. The van der Waals surface area contributed by atoms with Gasteiger partial charge in [-0.2, -0.15) is 0 Å². The van der Waals surface area contributed by atoms with E-state index >= 15 is 0 Å². The number of carboxylic acids is 4. The van der Waals surface area contributed by atoms with Crippen molar-refractivity contribution in [2.75, 3.05) is 44.2 Å². The molecule has 0 aliphatic carbocycles. The van der Waals surface area contributed by atoms with Crippen LogP contribution in [0.1, 0.15) is 40.0 Å². The maximum atomic E-state index is 12.5. The molecule has 4 N–H and O–H groups in total. The van der Waals surface area contributed by atoms with Crippen molar-refractivity contribution in [1.82, 2.24) is 9.80 Å². The number of aliphatic carboxylic acids is 4. The Labute approximate surface area is 210 Å². The maximum Gasteiger partial charge on any atom is 0.414 e. The zero-order valence-electron chi connectivity index (χ0n) is 21.0. The minimum atomic E-state index is -1.82. The van der Waals surface area contributed by atoms with Crippen LogP contribution in [-0.4, -0.2) is 105 Å². The van der Waals surface area contributed by atoms with Crippen LogP contribution in [0.25, 0.3) is 0 Å². The van der Waals surface area contributed by atoms with E-state index in [1.165, 1.54) is 19.4 Å². The van der Waals surface area contributed by atoms with Gasteiger partial charge < -0.3 is 30.2 Å². The summed E-state index contributed by atoms with van der Waals surface area (Å²) in [5.41, 5.74) is 1.01. The molecular weight excluding hydrogens is 474 g/mol. The van der Waals surface area contributed by atoms with Crippen LogP contribution in [0, 0.1) is 0 Å².